The maximum atomic E-state index is 13.5. The van der Waals surface area contributed by atoms with E-state index in [0.717, 1.165) is 0 Å². The zero-order valence-corrected chi connectivity index (χ0v) is 10.8. The van der Waals surface area contributed by atoms with Gasteiger partial charge in [0.15, 0.2) is 0 Å². The molecule has 0 spiro atoms. The fourth-order valence-corrected chi connectivity index (χ4v) is 2.22. The quantitative estimate of drug-likeness (QED) is 0.897. The van der Waals surface area contributed by atoms with E-state index in [4.69, 9.17) is 5.11 Å². The van der Waals surface area contributed by atoms with Gasteiger partial charge in [-0.15, -0.1) is 0 Å². The summed E-state index contributed by atoms with van der Waals surface area (Å²) < 4.78 is 39.9. The van der Waals surface area contributed by atoms with Crippen molar-refractivity contribution in [3.63, 3.8) is 0 Å². The van der Waals surface area contributed by atoms with Crippen molar-refractivity contribution in [2.45, 2.75) is 0 Å². The van der Waals surface area contributed by atoms with Gasteiger partial charge in [0.05, 0.1) is 6.61 Å². The van der Waals surface area contributed by atoms with Crippen molar-refractivity contribution >= 4 is 5.91 Å². The molecule has 1 amide bonds. The van der Waals surface area contributed by atoms with Gasteiger partial charge in [0.2, 0.25) is 0 Å². The maximum absolute atomic E-state index is 13.5. The minimum absolute atomic E-state index is 0.0230. The number of hydrogen-bond donors (Lipinski definition) is 1. The Balaban J connectivity index is 2.10. The Morgan fingerprint density at radius 1 is 1.10 bits per heavy atom. The molecule has 1 aromatic rings. The lowest BCUT2D eigenvalue weighted by Gasteiger charge is -2.34. The summed E-state index contributed by atoms with van der Waals surface area (Å²) in [6.07, 6.45) is 0. The second-order valence-electron chi connectivity index (χ2n) is 4.60. The number of carbonyl (C=O) groups excluding carboxylic acids is 1. The Kier molecular flexibility index (Phi) is 4.61. The summed E-state index contributed by atoms with van der Waals surface area (Å²) in [7, 11) is 0. The van der Waals surface area contributed by atoms with Crippen LogP contribution in [0.3, 0.4) is 0 Å². The normalized spacial score (nSPS) is 16.5. The predicted molar refractivity (Wildman–Crippen MR) is 65.7 cm³/mol. The average molecular weight is 288 g/mol. The summed E-state index contributed by atoms with van der Waals surface area (Å²) in [5.41, 5.74) is -0.720. The molecule has 0 atom stereocenters. The zero-order valence-electron chi connectivity index (χ0n) is 10.8. The number of aliphatic hydroxyl groups is 1. The summed E-state index contributed by atoms with van der Waals surface area (Å²) in [5, 5.41) is 8.81. The van der Waals surface area contributed by atoms with Gasteiger partial charge in [0, 0.05) is 44.9 Å². The van der Waals surface area contributed by atoms with Crippen LogP contribution in [0.2, 0.25) is 0 Å². The molecule has 0 unspecified atom stereocenters. The van der Waals surface area contributed by atoms with Crippen LogP contribution < -0.4 is 0 Å². The van der Waals surface area contributed by atoms with Gasteiger partial charge in [0.1, 0.15) is 23.0 Å². The maximum Gasteiger partial charge on any atom is 0.259 e. The van der Waals surface area contributed by atoms with Crippen LogP contribution in [0.5, 0.6) is 0 Å². The standard InChI is InChI=1S/C13H15F3N2O2/c14-9-7-10(15)12(11(16)8-9)13(20)18-3-1-17(2-4-18)5-6-19/h7-8,19H,1-6H2. The molecule has 4 nitrogen and oxygen atoms in total. The molecule has 1 aliphatic rings. The molecule has 2 rings (SSSR count). The summed E-state index contributed by atoms with van der Waals surface area (Å²) in [4.78, 5) is 15.3. The first-order valence-electron chi connectivity index (χ1n) is 6.30. The average Bonchev–Trinajstić information content (AvgIpc) is 2.38. The molecule has 1 fully saturated rings. The van der Waals surface area contributed by atoms with Gasteiger partial charge in [-0.25, -0.2) is 13.2 Å². The molecule has 1 aromatic carbocycles. The molecule has 0 radical (unpaired) electrons. The lowest BCUT2D eigenvalue weighted by atomic mass is 10.1. The van der Waals surface area contributed by atoms with E-state index in [1.807, 2.05) is 4.90 Å². The highest BCUT2D eigenvalue weighted by Crippen LogP contribution is 2.18. The van der Waals surface area contributed by atoms with Gasteiger partial charge < -0.3 is 10.0 Å². The molecule has 1 aliphatic heterocycles. The van der Waals surface area contributed by atoms with Crippen molar-refractivity contribution in [3.8, 4) is 0 Å². The number of piperazine rings is 1. The van der Waals surface area contributed by atoms with Crippen LogP contribution in [0.4, 0.5) is 13.2 Å². The smallest absolute Gasteiger partial charge is 0.259 e. The van der Waals surface area contributed by atoms with Crippen molar-refractivity contribution in [3.05, 3.63) is 35.1 Å². The number of amides is 1. The fourth-order valence-electron chi connectivity index (χ4n) is 2.22. The van der Waals surface area contributed by atoms with Crippen molar-refractivity contribution in [2.24, 2.45) is 0 Å². The molecule has 1 heterocycles. The number of β-amino-alcohol motifs (C(OH)–C–C–N with tert-alkyl or cyclic N) is 1. The molecule has 0 aliphatic carbocycles. The van der Waals surface area contributed by atoms with Gasteiger partial charge in [-0.1, -0.05) is 0 Å². The Morgan fingerprint density at radius 2 is 1.65 bits per heavy atom. The molecule has 1 saturated heterocycles. The minimum atomic E-state index is -1.19. The monoisotopic (exact) mass is 288 g/mol. The second-order valence-corrected chi connectivity index (χ2v) is 4.60. The largest absolute Gasteiger partial charge is 0.395 e. The van der Waals surface area contributed by atoms with Gasteiger partial charge in [0.25, 0.3) is 5.91 Å². The SMILES string of the molecule is O=C(c1c(F)cc(F)cc1F)N1CCN(CCO)CC1. The number of halogens is 3. The van der Waals surface area contributed by atoms with E-state index >= 15 is 0 Å². The van der Waals surface area contributed by atoms with Crippen LogP contribution in [0.25, 0.3) is 0 Å². The Hall–Kier alpha value is -1.60. The van der Waals surface area contributed by atoms with Crippen LogP contribution in [0, 0.1) is 17.5 Å². The number of carbonyl (C=O) groups is 1. The van der Waals surface area contributed by atoms with Crippen LogP contribution in [-0.4, -0.2) is 60.1 Å². The molecule has 0 bridgehead atoms. The molecule has 1 N–H and O–H groups in total. The first kappa shape index (κ1) is 14.8. The van der Waals surface area contributed by atoms with E-state index in [1.165, 1.54) is 4.90 Å². The Labute approximate surface area is 114 Å². The lowest BCUT2D eigenvalue weighted by Crippen LogP contribution is -2.49. The number of aliphatic hydroxyl groups excluding tert-OH is 1. The number of nitrogens with zero attached hydrogens (tertiary/aromatic N) is 2. The highest BCUT2D eigenvalue weighted by molar-refractivity contribution is 5.94. The van der Waals surface area contributed by atoms with Crippen LogP contribution in [0.15, 0.2) is 12.1 Å². The first-order valence-corrected chi connectivity index (χ1v) is 6.30. The molecule has 0 aromatic heterocycles. The second kappa shape index (κ2) is 6.23. The van der Waals surface area contributed by atoms with E-state index in [0.29, 0.717) is 44.9 Å². The molecule has 7 heteroatoms. The zero-order chi connectivity index (χ0) is 14.7. The topological polar surface area (TPSA) is 43.8 Å². The van der Waals surface area contributed by atoms with E-state index in [2.05, 4.69) is 0 Å². The third-order valence-corrected chi connectivity index (χ3v) is 3.30. The third kappa shape index (κ3) is 3.10. The van der Waals surface area contributed by atoms with Crippen molar-refractivity contribution in [1.29, 1.82) is 0 Å². The van der Waals surface area contributed by atoms with Crippen LogP contribution in [-0.2, 0) is 0 Å². The van der Waals surface area contributed by atoms with E-state index in [-0.39, 0.29) is 6.61 Å². The Morgan fingerprint density at radius 3 is 2.15 bits per heavy atom. The summed E-state index contributed by atoms with van der Waals surface area (Å²) in [6, 6.07) is 0.997. The van der Waals surface area contributed by atoms with Gasteiger partial charge in [-0.3, -0.25) is 9.69 Å². The van der Waals surface area contributed by atoms with Crippen LogP contribution in [0.1, 0.15) is 10.4 Å². The molecule has 20 heavy (non-hydrogen) atoms. The summed E-state index contributed by atoms with van der Waals surface area (Å²) >= 11 is 0. The summed E-state index contributed by atoms with van der Waals surface area (Å²) in [5.74, 6) is -4.21. The lowest BCUT2D eigenvalue weighted by molar-refractivity contribution is 0.0605. The van der Waals surface area contributed by atoms with E-state index < -0.39 is 28.9 Å². The van der Waals surface area contributed by atoms with Crippen LogP contribution >= 0.6 is 0 Å². The molecule has 0 saturated carbocycles. The highest BCUT2D eigenvalue weighted by Gasteiger charge is 2.26. The summed E-state index contributed by atoms with van der Waals surface area (Å²) in [6.45, 7) is 2.20. The van der Waals surface area contributed by atoms with Gasteiger partial charge in [-0.2, -0.15) is 0 Å². The first-order chi connectivity index (χ1) is 9.52. The van der Waals surface area contributed by atoms with Crippen molar-refractivity contribution in [1.82, 2.24) is 9.80 Å². The minimum Gasteiger partial charge on any atom is -0.395 e. The number of hydrogen-bond acceptors (Lipinski definition) is 3. The van der Waals surface area contributed by atoms with Crippen molar-refractivity contribution < 1.29 is 23.1 Å². The van der Waals surface area contributed by atoms with E-state index in [1.54, 1.807) is 0 Å². The predicted octanol–water partition coefficient (Wildman–Crippen LogP) is 0.854. The fraction of sp³-hybridized carbons (Fsp3) is 0.462. The third-order valence-electron chi connectivity index (χ3n) is 3.30. The van der Waals surface area contributed by atoms with E-state index in [9.17, 15) is 18.0 Å². The molecule has 110 valence electrons. The van der Waals surface area contributed by atoms with Crippen molar-refractivity contribution in [2.75, 3.05) is 39.3 Å². The Bertz CT molecular complexity index is 479. The molecular weight excluding hydrogens is 273 g/mol. The number of rotatable bonds is 3. The van der Waals surface area contributed by atoms with Gasteiger partial charge in [-0.05, 0) is 0 Å². The highest BCUT2D eigenvalue weighted by atomic mass is 19.1. The van der Waals surface area contributed by atoms with Gasteiger partial charge >= 0.3 is 0 Å². The molecular formula is C13H15F3N2O2. The number of benzene rings is 1.